The molecular weight excluding hydrogens is 234 g/mol. The number of alkyl halides is 1. The monoisotopic (exact) mass is 241 g/mol. The van der Waals surface area contributed by atoms with Gasteiger partial charge < -0.3 is 9.15 Å². The Morgan fingerprint density at radius 3 is 3.08 bits per heavy atom. The molecule has 0 aliphatic rings. The minimum absolute atomic E-state index is 0.629. The van der Waals surface area contributed by atoms with Gasteiger partial charge >= 0.3 is 0 Å². The van der Waals surface area contributed by atoms with Crippen molar-refractivity contribution in [2.24, 2.45) is 0 Å². The number of benzene rings is 1. The van der Waals surface area contributed by atoms with Crippen LogP contribution in [0.25, 0.3) is 11.1 Å². The van der Waals surface area contributed by atoms with Gasteiger partial charge in [0, 0.05) is 6.07 Å². The third kappa shape index (κ3) is 1.54. The van der Waals surface area contributed by atoms with Crippen molar-refractivity contribution in [1.82, 2.24) is 4.98 Å². The molecule has 13 heavy (non-hydrogen) atoms. The third-order valence-corrected chi connectivity index (χ3v) is 2.23. The summed E-state index contributed by atoms with van der Waals surface area (Å²) in [6, 6.07) is 5.57. The number of hydrogen-bond donors (Lipinski definition) is 0. The zero-order chi connectivity index (χ0) is 9.26. The molecule has 0 N–H and O–H groups in total. The van der Waals surface area contributed by atoms with Crippen molar-refractivity contribution in [2.75, 3.05) is 7.11 Å². The fourth-order valence-electron chi connectivity index (χ4n) is 1.14. The Bertz CT molecular complexity index is 422. The molecule has 2 aromatic rings. The molecule has 2 rings (SSSR count). The molecule has 68 valence electrons. The van der Waals surface area contributed by atoms with Crippen molar-refractivity contribution >= 4 is 27.0 Å². The topological polar surface area (TPSA) is 35.3 Å². The van der Waals surface area contributed by atoms with Crippen LogP contribution in [0.1, 0.15) is 5.89 Å². The number of oxazole rings is 1. The average Bonchev–Trinajstić information content (AvgIpc) is 2.58. The Morgan fingerprint density at radius 2 is 2.38 bits per heavy atom. The van der Waals surface area contributed by atoms with Crippen LogP contribution in [0.3, 0.4) is 0 Å². The van der Waals surface area contributed by atoms with Gasteiger partial charge in [-0.2, -0.15) is 0 Å². The van der Waals surface area contributed by atoms with Crippen LogP contribution in [-0.4, -0.2) is 12.1 Å². The predicted molar refractivity (Wildman–Crippen MR) is 53.2 cm³/mol. The van der Waals surface area contributed by atoms with Crippen molar-refractivity contribution in [3.8, 4) is 5.75 Å². The average molecular weight is 242 g/mol. The van der Waals surface area contributed by atoms with Crippen LogP contribution in [-0.2, 0) is 5.33 Å². The van der Waals surface area contributed by atoms with Crippen LogP contribution in [0.4, 0.5) is 0 Å². The standard InChI is InChI=1S/C9H8BrNO2/c1-12-6-2-3-7-8(4-6)13-9(5-10)11-7/h2-4H,5H2,1H3. The van der Waals surface area contributed by atoms with Crippen molar-refractivity contribution < 1.29 is 9.15 Å². The smallest absolute Gasteiger partial charge is 0.206 e. The van der Waals surface area contributed by atoms with Crippen LogP contribution in [0.5, 0.6) is 5.75 Å². The Balaban J connectivity index is 2.57. The number of methoxy groups -OCH3 is 1. The van der Waals surface area contributed by atoms with Gasteiger partial charge in [-0.25, -0.2) is 4.98 Å². The van der Waals surface area contributed by atoms with Crippen LogP contribution in [0.2, 0.25) is 0 Å². The van der Waals surface area contributed by atoms with Gasteiger partial charge in [0.1, 0.15) is 11.3 Å². The van der Waals surface area contributed by atoms with E-state index < -0.39 is 0 Å². The zero-order valence-electron chi connectivity index (χ0n) is 7.08. The van der Waals surface area contributed by atoms with E-state index in [4.69, 9.17) is 9.15 Å². The maximum atomic E-state index is 5.42. The number of rotatable bonds is 2. The molecule has 0 aliphatic carbocycles. The minimum Gasteiger partial charge on any atom is -0.497 e. The Kier molecular flexibility index (Phi) is 2.22. The second kappa shape index (κ2) is 3.38. The summed E-state index contributed by atoms with van der Waals surface area (Å²) in [4.78, 5) is 4.24. The molecule has 3 nitrogen and oxygen atoms in total. The van der Waals surface area contributed by atoms with E-state index >= 15 is 0 Å². The summed E-state index contributed by atoms with van der Waals surface area (Å²) in [5, 5.41) is 0.629. The first-order valence-electron chi connectivity index (χ1n) is 3.83. The lowest BCUT2D eigenvalue weighted by molar-refractivity contribution is 0.414. The molecule has 0 spiro atoms. The number of hydrogen-bond acceptors (Lipinski definition) is 3. The number of fused-ring (bicyclic) bond motifs is 1. The second-order valence-corrected chi connectivity index (χ2v) is 3.14. The van der Waals surface area contributed by atoms with E-state index in [1.807, 2.05) is 18.2 Å². The van der Waals surface area contributed by atoms with E-state index in [9.17, 15) is 0 Å². The predicted octanol–water partition coefficient (Wildman–Crippen LogP) is 2.73. The number of nitrogens with zero attached hydrogens (tertiary/aromatic N) is 1. The van der Waals surface area contributed by atoms with E-state index in [2.05, 4.69) is 20.9 Å². The molecule has 0 unspecified atom stereocenters. The Labute approximate surface area is 83.8 Å². The Hall–Kier alpha value is -1.03. The summed E-state index contributed by atoms with van der Waals surface area (Å²) in [6.07, 6.45) is 0. The number of aromatic nitrogens is 1. The summed E-state index contributed by atoms with van der Waals surface area (Å²) in [5.74, 6) is 1.47. The molecule has 0 aliphatic heterocycles. The van der Waals surface area contributed by atoms with Crippen molar-refractivity contribution in [2.45, 2.75) is 5.33 Å². The van der Waals surface area contributed by atoms with E-state index in [-0.39, 0.29) is 0 Å². The SMILES string of the molecule is COc1ccc2nc(CBr)oc2c1. The summed E-state index contributed by atoms with van der Waals surface area (Å²) < 4.78 is 10.5. The van der Waals surface area contributed by atoms with Gasteiger partial charge in [0.25, 0.3) is 0 Å². The van der Waals surface area contributed by atoms with Gasteiger partial charge in [-0.1, -0.05) is 15.9 Å². The van der Waals surface area contributed by atoms with Crippen LogP contribution < -0.4 is 4.74 Å². The molecule has 0 atom stereocenters. The minimum atomic E-state index is 0.629. The highest BCUT2D eigenvalue weighted by Gasteiger charge is 2.04. The normalized spacial score (nSPS) is 10.6. The van der Waals surface area contributed by atoms with Crippen LogP contribution >= 0.6 is 15.9 Å². The molecule has 4 heteroatoms. The van der Waals surface area contributed by atoms with E-state index in [0.29, 0.717) is 11.2 Å². The van der Waals surface area contributed by atoms with Gasteiger partial charge in [-0.15, -0.1) is 0 Å². The van der Waals surface area contributed by atoms with Crippen LogP contribution in [0.15, 0.2) is 22.6 Å². The molecule has 0 saturated carbocycles. The summed E-state index contributed by atoms with van der Waals surface area (Å²) in [7, 11) is 1.63. The highest BCUT2D eigenvalue weighted by Crippen LogP contribution is 2.22. The quantitative estimate of drug-likeness (QED) is 0.759. The summed E-state index contributed by atoms with van der Waals surface area (Å²) in [5.41, 5.74) is 1.61. The molecule has 0 fully saturated rings. The van der Waals surface area contributed by atoms with Gasteiger partial charge in [-0.3, -0.25) is 0 Å². The summed E-state index contributed by atoms with van der Waals surface area (Å²) in [6.45, 7) is 0. The van der Waals surface area contributed by atoms with Crippen molar-refractivity contribution in [3.63, 3.8) is 0 Å². The molecule has 1 aromatic heterocycles. The van der Waals surface area contributed by atoms with Gasteiger partial charge in [0.2, 0.25) is 5.89 Å². The van der Waals surface area contributed by atoms with E-state index in [1.54, 1.807) is 7.11 Å². The first-order chi connectivity index (χ1) is 6.33. The Morgan fingerprint density at radius 1 is 1.54 bits per heavy atom. The summed E-state index contributed by atoms with van der Waals surface area (Å²) >= 11 is 3.28. The lowest BCUT2D eigenvalue weighted by Crippen LogP contribution is -1.80. The van der Waals surface area contributed by atoms with Gasteiger partial charge in [0.05, 0.1) is 12.4 Å². The molecule has 0 saturated heterocycles. The molecular formula is C9H8BrNO2. The second-order valence-electron chi connectivity index (χ2n) is 2.57. The maximum Gasteiger partial charge on any atom is 0.206 e. The highest BCUT2D eigenvalue weighted by atomic mass is 79.9. The fourth-order valence-corrected chi connectivity index (χ4v) is 1.38. The molecule has 1 heterocycles. The number of ether oxygens (including phenoxy) is 1. The lowest BCUT2D eigenvalue weighted by Gasteiger charge is -1.95. The maximum absolute atomic E-state index is 5.42. The lowest BCUT2D eigenvalue weighted by atomic mass is 10.3. The highest BCUT2D eigenvalue weighted by molar-refractivity contribution is 9.08. The molecule has 1 aromatic carbocycles. The van der Waals surface area contributed by atoms with E-state index in [1.165, 1.54) is 0 Å². The van der Waals surface area contributed by atoms with Gasteiger partial charge in [-0.05, 0) is 12.1 Å². The molecule has 0 amide bonds. The van der Waals surface area contributed by atoms with Gasteiger partial charge in [0.15, 0.2) is 5.58 Å². The van der Waals surface area contributed by atoms with Crippen molar-refractivity contribution in [3.05, 3.63) is 24.1 Å². The first kappa shape index (κ1) is 8.56. The van der Waals surface area contributed by atoms with Crippen molar-refractivity contribution in [1.29, 1.82) is 0 Å². The van der Waals surface area contributed by atoms with E-state index in [0.717, 1.165) is 16.8 Å². The fraction of sp³-hybridized carbons (Fsp3) is 0.222. The molecule has 0 radical (unpaired) electrons. The first-order valence-corrected chi connectivity index (χ1v) is 4.95. The molecule has 0 bridgehead atoms. The third-order valence-electron chi connectivity index (χ3n) is 1.75. The van der Waals surface area contributed by atoms with Crippen LogP contribution in [0, 0.1) is 0 Å². The zero-order valence-corrected chi connectivity index (χ0v) is 8.67. The number of halogens is 1. The largest absolute Gasteiger partial charge is 0.497 e.